The molecule has 4 rings (SSSR count). The first-order valence-electron chi connectivity index (χ1n) is 14.3. The van der Waals surface area contributed by atoms with Crippen LogP contribution in [0.25, 0.3) is 6.08 Å². The van der Waals surface area contributed by atoms with Gasteiger partial charge in [-0.1, -0.05) is 31.2 Å². The molecule has 0 radical (unpaired) electrons. The van der Waals surface area contributed by atoms with E-state index >= 15 is 0 Å². The Morgan fingerprint density at radius 1 is 0.804 bits per heavy atom. The van der Waals surface area contributed by atoms with Crippen LogP contribution in [0.3, 0.4) is 0 Å². The van der Waals surface area contributed by atoms with Crippen LogP contribution >= 0.6 is 11.8 Å². The fourth-order valence-corrected chi connectivity index (χ4v) is 5.40. The summed E-state index contributed by atoms with van der Waals surface area (Å²) in [5, 5.41) is 7.93. The fraction of sp³-hybridized carbons (Fsp3) is 0.171. The first-order valence-corrected chi connectivity index (χ1v) is 15.1. The number of nitrogens with one attached hydrogen (secondary N) is 3. The van der Waals surface area contributed by atoms with Crippen molar-refractivity contribution in [3.63, 3.8) is 0 Å². The van der Waals surface area contributed by atoms with E-state index in [1.165, 1.54) is 63.4 Å². The smallest absolute Gasteiger partial charge is 0.272 e. The number of carbonyl (C=O) groups is 3. The zero-order chi connectivity index (χ0) is 33.1. The van der Waals surface area contributed by atoms with Gasteiger partial charge in [-0.15, -0.1) is 11.8 Å². The molecule has 9 nitrogen and oxygen atoms in total. The number of benzene rings is 4. The predicted octanol–water partition coefficient (Wildman–Crippen LogP) is 6.77. The van der Waals surface area contributed by atoms with Crippen molar-refractivity contribution in [3.8, 4) is 17.2 Å². The summed E-state index contributed by atoms with van der Waals surface area (Å²) in [7, 11) is 4.45. The van der Waals surface area contributed by atoms with Gasteiger partial charge in [-0.25, -0.2) is 4.39 Å². The summed E-state index contributed by atoms with van der Waals surface area (Å²) in [6.45, 7) is 1.89. The van der Waals surface area contributed by atoms with Gasteiger partial charge in [0.2, 0.25) is 11.7 Å². The molecule has 4 aromatic rings. The number of rotatable bonds is 13. The van der Waals surface area contributed by atoms with E-state index in [1.54, 1.807) is 60.7 Å². The highest BCUT2D eigenvalue weighted by atomic mass is 32.2. The Labute approximate surface area is 271 Å². The highest BCUT2D eigenvalue weighted by molar-refractivity contribution is 8.00. The molecule has 0 aliphatic rings. The highest BCUT2D eigenvalue weighted by Crippen LogP contribution is 2.38. The van der Waals surface area contributed by atoms with E-state index in [0.29, 0.717) is 46.2 Å². The minimum Gasteiger partial charge on any atom is -0.493 e. The van der Waals surface area contributed by atoms with Crippen molar-refractivity contribution in [2.75, 3.05) is 32.0 Å². The third-order valence-corrected chi connectivity index (χ3v) is 8.03. The van der Waals surface area contributed by atoms with E-state index in [4.69, 9.17) is 14.2 Å². The van der Waals surface area contributed by atoms with Crippen molar-refractivity contribution < 1.29 is 33.0 Å². The van der Waals surface area contributed by atoms with Gasteiger partial charge in [0.05, 0.1) is 26.6 Å². The van der Waals surface area contributed by atoms with E-state index < -0.39 is 17.1 Å². The molecule has 0 saturated heterocycles. The Morgan fingerprint density at radius 3 is 2.09 bits per heavy atom. The highest BCUT2D eigenvalue weighted by Gasteiger charge is 2.20. The fourth-order valence-electron chi connectivity index (χ4n) is 4.38. The number of hydrogen-bond acceptors (Lipinski definition) is 7. The van der Waals surface area contributed by atoms with Crippen molar-refractivity contribution in [2.24, 2.45) is 0 Å². The van der Waals surface area contributed by atoms with E-state index in [2.05, 4.69) is 16.0 Å². The summed E-state index contributed by atoms with van der Waals surface area (Å²) >= 11 is 1.33. The van der Waals surface area contributed by atoms with Gasteiger partial charge in [-0.2, -0.15) is 0 Å². The number of anilines is 2. The molecule has 0 aliphatic carbocycles. The van der Waals surface area contributed by atoms with Gasteiger partial charge in [0.1, 0.15) is 11.5 Å². The Hall–Kier alpha value is -5.29. The lowest BCUT2D eigenvalue weighted by Crippen LogP contribution is -2.30. The Morgan fingerprint density at radius 2 is 1.48 bits per heavy atom. The standard InChI is InChI=1S/C35H34FN3O6S/c1-5-31(35(42)37-25-16-14-24(36)15-17-25)46-27-13-9-12-26(21-27)38-34(41)28(39-33(40)23-10-7-6-8-11-23)18-22-19-29(43-2)32(45-4)30(20-22)44-3/h6-21,31H,5H2,1-4H3,(H,37,42)(H,38,41)(H,39,40)/b28-18+. The van der Waals surface area contributed by atoms with Crippen LogP contribution in [-0.2, 0) is 9.59 Å². The SMILES string of the molecule is CCC(Sc1cccc(NC(=O)/C(=C\c2cc(OC)c(OC)c(OC)c2)NC(=O)c2ccccc2)c1)C(=O)Nc1ccc(F)cc1. The zero-order valence-electron chi connectivity index (χ0n) is 25.8. The second-order valence-electron chi connectivity index (χ2n) is 9.83. The topological polar surface area (TPSA) is 115 Å². The third-order valence-electron chi connectivity index (χ3n) is 6.67. The van der Waals surface area contributed by atoms with Crippen LogP contribution in [0, 0.1) is 5.82 Å². The van der Waals surface area contributed by atoms with Crippen molar-refractivity contribution in [1.82, 2.24) is 5.32 Å². The Bertz CT molecular complexity index is 1690. The molecule has 1 unspecified atom stereocenters. The number of hydrogen-bond donors (Lipinski definition) is 3. The number of thioether (sulfide) groups is 1. The van der Waals surface area contributed by atoms with Crippen LogP contribution in [0.15, 0.2) is 102 Å². The molecule has 46 heavy (non-hydrogen) atoms. The van der Waals surface area contributed by atoms with Gasteiger partial charge in [0.15, 0.2) is 11.5 Å². The average molecular weight is 644 g/mol. The third kappa shape index (κ3) is 8.89. The Kier molecular flexibility index (Phi) is 11.8. The Balaban J connectivity index is 1.58. The number of amides is 3. The van der Waals surface area contributed by atoms with Gasteiger partial charge in [0, 0.05) is 21.8 Å². The summed E-state index contributed by atoms with van der Waals surface area (Å²) in [4.78, 5) is 40.4. The van der Waals surface area contributed by atoms with Crippen molar-refractivity contribution in [1.29, 1.82) is 0 Å². The lowest BCUT2D eigenvalue weighted by Gasteiger charge is -2.16. The van der Waals surface area contributed by atoms with Crippen molar-refractivity contribution in [3.05, 3.63) is 114 Å². The molecular weight excluding hydrogens is 609 g/mol. The molecule has 0 aromatic heterocycles. The molecule has 3 N–H and O–H groups in total. The van der Waals surface area contributed by atoms with Crippen LogP contribution in [0.5, 0.6) is 17.2 Å². The van der Waals surface area contributed by atoms with E-state index in [0.717, 1.165) is 4.90 Å². The molecule has 0 fully saturated rings. The summed E-state index contributed by atoms with van der Waals surface area (Å²) in [5.41, 5.74) is 1.79. The molecule has 0 saturated carbocycles. The van der Waals surface area contributed by atoms with Gasteiger partial charge >= 0.3 is 0 Å². The summed E-state index contributed by atoms with van der Waals surface area (Å²) in [6.07, 6.45) is 2.04. The first-order chi connectivity index (χ1) is 22.2. The predicted molar refractivity (Wildman–Crippen MR) is 178 cm³/mol. The molecule has 0 spiro atoms. The largest absolute Gasteiger partial charge is 0.493 e. The van der Waals surface area contributed by atoms with E-state index in [9.17, 15) is 18.8 Å². The monoisotopic (exact) mass is 643 g/mol. The van der Waals surface area contributed by atoms with Crippen LogP contribution in [0.1, 0.15) is 29.3 Å². The molecule has 3 amide bonds. The normalized spacial score (nSPS) is 11.6. The zero-order valence-corrected chi connectivity index (χ0v) is 26.6. The summed E-state index contributed by atoms with van der Waals surface area (Å²) in [6, 6.07) is 24.4. The quantitative estimate of drug-likeness (QED) is 0.109. The molecule has 4 aromatic carbocycles. The van der Waals surface area contributed by atoms with E-state index in [1.807, 2.05) is 13.0 Å². The van der Waals surface area contributed by atoms with Crippen LogP contribution in [-0.4, -0.2) is 44.3 Å². The maximum Gasteiger partial charge on any atom is 0.272 e. The second-order valence-corrected chi connectivity index (χ2v) is 11.1. The first kappa shape index (κ1) is 33.6. The molecular formula is C35H34FN3O6S. The van der Waals surface area contributed by atoms with Gasteiger partial charge in [0.25, 0.3) is 11.8 Å². The summed E-state index contributed by atoms with van der Waals surface area (Å²) < 4.78 is 29.6. The number of ether oxygens (including phenoxy) is 3. The maximum atomic E-state index is 13.7. The van der Waals surface area contributed by atoms with Gasteiger partial charge in [-0.05, 0) is 84.8 Å². The van der Waals surface area contributed by atoms with Crippen molar-refractivity contribution >= 4 is 46.9 Å². The number of methoxy groups -OCH3 is 3. The molecule has 0 bridgehead atoms. The minimum absolute atomic E-state index is 0.0358. The van der Waals surface area contributed by atoms with Gasteiger partial charge < -0.3 is 30.2 Å². The van der Waals surface area contributed by atoms with Crippen LogP contribution in [0.4, 0.5) is 15.8 Å². The second kappa shape index (κ2) is 16.1. The molecule has 0 heterocycles. The molecule has 238 valence electrons. The summed E-state index contributed by atoms with van der Waals surface area (Å²) in [5.74, 6) is -0.542. The van der Waals surface area contributed by atoms with E-state index in [-0.39, 0.29) is 17.4 Å². The van der Waals surface area contributed by atoms with Crippen molar-refractivity contribution in [2.45, 2.75) is 23.5 Å². The van der Waals surface area contributed by atoms with Gasteiger partial charge in [-0.3, -0.25) is 14.4 Å². The lowest BCUT2D eigenvalue weighted by atomic mass is 10.1. The lowest BCUT2D eigenvalue weighted by molar-refractivity contribution is -0.116. The maximum absolute atomic E-state index is 13.7. The molecule has 0 aliphatic heterocycles. The molecule has 11 heteroatoms. The minimum atomic E-state index is -0.582. The average Bonchev–Trinajstić information content (AvgIpc) is 3.07. The number of halogens is 1. The number of carbonyl (C=O) groups excluding carboxylic acids is 3. The van der Waals surface area contributed by atoms with Crippen LogP contribution < -0.4 is 30.2 Å². The van der Waals surface area contributed by atoms with Crippen LogP contribution in [0.2, 0.25) is 0 Å². The molecule has 1 atom stereocenters.